The van der Waals surface area contributed by atoms with Crippen LogP contribution in [0.4, 0.5) is 0 Å². The maximum Gasteiger partial charge on any atom is 2.00 e. The van der Waals surface area contributed by atoms with Crippen LogP contribution in [0.25, 0.3) is 0 Å². The summed E-state index contributed by atoms with van der Waals surface area (Å²) in [6.07, 6.45) is 9.72. The van der Waals surface area contributed by atoms with E-state index in [4.69, 9.17) is 0 Å². The monoisotopic (exact) mass is 383 g/mol. The Balaban J connectivity index is 0. The van der Waals surface area contributed by atoms with Gasteiger partial charge in [-0.1, -0.05) is 0 Å². The van der Waals surface area contributed by atoms with Crippen molar-refractivity contribution in [2.24, 2.45) is 0 Å². The zero-order valence-electron chi connectivity index (χ0n) is 14.4. The number of nitrogens with one attached hydrogen (secondary N) is 1. The second kappa shape index (κ2) is 10.2. The first-order valence-corrected chi connectivity index (χ1v) is 7.05. The van der Waals surface area contributed by atoms with Gasteiger partial charge in [-0.3, -0.25) is 13.2 Å². The van der Waals surface area contributed by atoms with Gasteiger partial charge < -0.3 is 27.3 Å². The first-order valence-electron chi connectivity index (χ1n) is 7.05. The number of rotatable bonds is 4. The van der Waals surface area contributed by atoms with Crippen LogP contribution in [-0.2, 0) is 20.4 Å². The van der Waals surface area contributed by atoms with Crippen LogP contribution in [-0.4, -0.2) is 40.6 Å². The molecule has 1 aliphatic rings. The summed E-state index contributed by atoms with van der Waals surface area (Å²) in [7, 11) is 0. The van der Waals surface area contributed by atoms with E-state index in [0.717, 1.165) is 6.67 Å². The average molecular weight is 384 g/mol. The van der Waals surface area contributed by atoms with Crippen molar-refractivity contribution in [1.29, 1.82) is 0 Å². The second-order valence-electron chi connectivity index (χ2n) is 6.82. The van der Waals surface area contributed by atoms with Crippen LogP contribution in [0.15, 0.2) is 25.6 Å². The Morgan fingerprint density at radius 2 is 1.24 bits per heavy atom. The van der Waals surface area contributed by atoms with Crippen molar-refractivity contribution >= 4 is 0 Å². The molecule has 1 rings (SSSR count). The average Bonchev–Trinajstić information content (AvgIpc) is 2.79. The van der Waals surface area contributed by atoms with E-state index in [2.05, 4.69) is 94.4 Å². The maximum atomic E-state index is 3.40. The fraction of sp³-hybridized carbons (Fsp3) is 0.647. The fourth-order valence-electron chi connectivity index (χ4n) is 1.53. The molecule has 1 aliphatic heterocycles. The van der Waals surface area contributed by atoms with Crippen LogP contribution in [0.5, 0.6) is 0 Å². The molecule has 0 atom stereocenters. The third-order valence-corrected chi connectivity index (χ3v) is 2.95. The number of nitrogens with zero attached hydrogens (tertiary/aromatic N) is 2. The van der Waals surface area contributed by atoms with Gasteiger partial charge >= 0.3 is 20.4 Å². The van der Waals surface area contributed by atoms with Crippen molar-refractivity contribution < 1.29 is 20.4 Å². The number of hydrogen-bond donors (Lipinski definition) is 1. The van der Waals surface area contributed by atoms with Crippen molar-refractivity contribution in [2.45, 2.75) is 52.6 Å². The van der Waals surface area contributed by atoms with Gasteiger partial charge in [0.15, 0.2) is 0 Å². The van der Waals surface area contributed by atoms with E-state index in [9.17, 15) is 0 Å². The predicted molar refractivity (Wildman–Crippen MR) is 87.8 cm³/mol. The first-order chi connectivity index (χ1) is 9.12. The second-order valence-corrected chi connectivity index (χ2v) is 6.82. The van der Waals surface area contributed by atoms with Crippen molar-refractivity contribution in [1.82, 2.24) is 15.1 Å². The number of hydrogen-bond acceptors (Lipinski definition) is 3. The molecule has 0 aromatic heterocycles. The van der Waals surface area contributed by atoms with Gasteiger partial charge in [-0.25, -0.2) is 0 Å². The minimum absolute atomic E-state index is 0. The molecule has 3 nitrogen and oxygen atoms in total. The molecule has 0 aromatic carbocycles. The molecule has 0 aliphatic carbocycles. The van der Waals surface area contributed by atoms with E-state index in [1.165, 1.54) is 0 Å². The van der Waals surface area contributed by atoms with Crippen molar-refractivity contribution in [2.75, 3.05) is 19.8 Å². The maximum absolute atomic E-state index is 3.40. The summed E-state index contributed by atoms with van der Waals surface area (Å²) in [6, 6.07) is 0. The molecule has 0 spiro atoms. The van der Waals surface area contributed by atoms with Gasteiger partial charge in [-0.05, 0) is 41.5 Å². The SMILES string of the molecule is C=[C-]CNC[C-]=C.CC(C)(C)N1C=CN(C(C)(C)C)C1.[Pd+2]. The molecule has 0 bridgehead atoms. The van der Waals surface area contributed by atoms with Crippen LogP contribution in [0.2, 0.25) is 0 Å². The standard InChI is InChI=1S/C11H22N2.C6H9N.Pd/c1-10(2,3)12-7-8-13(9-12)11(4,5)6;1-3-5-7-6-4-2;/h7-8H,9H2,1-6H3;7H,1-2,5-6H2;/q;-2;+2. The van der Waals surface area contributed by atoms with E-state index in [1.54, 1.807) is 0 Å². The van der Waals surface area contributed by atoms with Crippen molar-refractivity contribution in [3.05, 3.63) is 37.7 Å². The molecule has 21 heavy (non-hydrogen) atoms. The third kappa shape index (κ3) is 9.90. The van der Waals surface area contributed by atoms with Gasteiger partial charge in [-0.2, -0.15) is 0 Å². The third-order valence-electron chi connectivity index (χ3n) is 2.95. The van der Waals surface area contributed by atoms with Gasteiger partial charge in [0.1, 0.15) is 0 Å². The van der Waals surface area contributed by atoms with E-state index < -0.39 is 0 Å². The Morgan fingerprint density at radius 1 is 0.905 bits per heavy atom. The Bertz CT molecular complexity index is 294. The molecule has 0 radical (unpaired) electrons. The van der Waals surface area contributed by atoms with Gasteiger partial charge in [0.2, 0.25) is 0 Å². The normalized spacial score (nSPS) is 14.2. The summed E-state index contributed by atoms with van der Waals surface area (Å²) in [6.45, 7) is 22.7. The molecule has 0 unspecified atom stereocenters. The Labute approximate surface area is 145 Å². The molecule has 124 valence electrons. The molecule has 4 heteroatoms. The fourth-order valence-corrected chi connectivity index (χ4v) is 1.53. The molecule has 1 N–H and O–H groups in total. The molecule has 0 fully saturated rings. The predicted octanol–water partition coefficient (Wildman–Crippen LogP) is 3.18. The Morgan fingerprint density at radius 3 is 1.43 bits per heavy atom. The molecule has 0 amide bonds. The van der Waals surface area contributed by atoms with E-state index >= 15 is 0 Å². The molecule has 0 saturated carbocycles. The zero-order chi connectivity index (χ0) is 15.8. The largest absolute Gasteiger partial charge is 2.00 e. The van der Waals surface area contributed by atoms with Crippen LogP contribution in [0.3, 0.4) is 0 Å². The molecule has 0 aromatic rings. The molecule has 0 saturated heterocycles. The van der Waals surface area contributed by atoms with Crippen LogP contribution in [0, 0.1) is 12.2 Å². The van der Waals surface area contributed by atoms with Gasteiger partial charge in [-0.15, -0.1) is 13.1 Å². The van der Waals surface area contributed by atoms with E-state index in [1.807, 2.05) is 0 Å². The Hall–Kier alpha value is -0.558. The van der Waals surface area contributed by atoms with Crippen LogP contribution in [0.1, 0.15) is 41.5 Å². The summed E-state index contributed by atoms with van der Waals surface area (Å²) in [5.74, 6) is 0. The minimum Gasteiger partial charge on any atom is -0.490 e. The first kappa shape index (κ1) is 22.7. The summed E-state index contributed by atoms with van der Waals surface area (Å²) >= 11 is 0. The smallest absolute Gasteiger partial charge is 0.490 e. The topological polar surface area (TPSA) is 18.5 Å². The van der Waals surface area contributed by atoms with Gasteiger partial charge in [0.05, 0.1) is 6.67 Å². The molecular formula is C17H31N3Pd. The quantitative estimate of drug-likeness (QED) is 0.457. The minimum atomic E-state index is 0. The van der Waals surface area contributed by atoms with Crippen molar-refractivity contribution in [3.63, 3.8) is 0 Å². The van der Waals surface area contributed by atoms with E-state index in [0.29, 0.717) is 13.1 Å². The Kier molecular flexibility index (Phi) is 11.1. The molecule has 1 heterocycles. The molecular weight excluding hydrogens is 353 g/mol. The van der Waals surface area contributed by atoms with Gasteiger partial charge in [0, 0.05) is 23.5 Å². The van der Waals surface area contributed by atoms with Crippen molar-refractivity contribution in [3.8, 4) is 0 Å². The van der Waals surface area contributed by atoms with Crippen LogP contribution >= 0.6 is 0 Å². The van der Waals surface area contributed by atoms with Gasteiger partial charge in [0.25, 0.3) is 0 Å². The summed E-state index contributed by atoms with van der Waals surface area (Å²) in [5, 5.41) is 2.94. The van der Waals surface area contributed by atoms with Crippen LogP contribution < -0.4 is 5.32 Å². The zero-order valence-corrected chi connectivity index (χ0v) is 16.0. The summed E-state index contributed by atoms with van der Waals surface area (Å²) < 4.78 is 0. The summed E-state index contributed by atoms with van der Waals surface area (Å²) in [5.41, 5.74) is 0.465. The summed E-state index contributed by atoms with van der Waals surface area (Å²) in [4.78, 5) is 4.72. The van der Waals surface area contributed by atoms with E-state index in [-0.39, 0.29) is 31.5 Å².